The molecule has 9 nitrogen and oxygen atoms in total. The minimum Gasteiger partial charge on any atom is -0.493 e. The fourth-order valence-corrected chi connectivity index (χ4v) is 3.78. The number of ether oxygens (including phenoxy) is 3. The summed E-state index contributed by atoms with van der Waals surface area (Å²) in [5.74, 6) is -0.490. The number of benzene rings is 1. The Labute approximate surface area is 177 Å². The maximum atomic E-state index is 13.0. The van der Waals surface area contributed by atoms with Gasteiger partial charge < -0.3 is 24.0 Å². The van der Waals surface area contributed by atoms with Crippen molar-refractivity contribution >= 4 is 17.8 Å². The number of esters is 1. The Morgan fingerprint density at radius 3 is 2.43 bits per heavy atom. The standard InChI is InChI=1S/C21H30N4O5/c1-5-24-9-11-25(12-10-24)21-22-18(17(19(26)23-21)20(27)30-6-2)14-7-8-15(28-3)16(13-14)29-4/h7-8,13,17-18H,5-6,9-12H2,1-4H3,(H,22,23,26). The van der Waals surface area contributed by atoms with Crippen molar-refractivity contribution in [2.24, 2.45) is 10.9 Å². The molecule has 2 aliphatic rings. The van der Waals surface area contributed by atoms with Crippen molar-refractivity contribution in [3.63, 3.8) is 0 Å². The first-order valence-corrected chi connectivity index (χ1v) is 10.3. The molecule has 2 aliphatic heterocycles. The van der Waals surface area contributed by atoms with Crippen LogP contribution in [-0.4, -0.2) is 81.2 Å². The smallest absolute Gasteiger partial charge is 0.321 e. The molecule has 1 saturated heterocycles. The summed E-state index contributed by atoms with van der Waals surface area (Å²) < 4.78 is 15.9. The molecule has 0 saturated carbocycles. The number of carbonyl (C=O) groups excluding carboxylic acids is 2. The number of hydrogen-bond acceptors (Lipinski definition) is 8. The second kappa shape index (κ2) is 9.80. The SMILES string of the molecule is CCOC(=O)C1C(=O)NC(N2CCN(CC)CC2)=NC1c1ccc(OC)c(OC)c1. The maximum absolute atomic E-state index is 13.0. The second-order valence-corrected chi connectivity index (χ2v) is 7.15. The van der Waals surface area contributed by atoms with Crippen LogP contribution in [0.2, 0.25) is 0 Å². The van der Waals surface area contributed by atoms with Crippen molar-refractivity contribution < 1.29 is 23.8 Å². The molecule has 0 aromatic heterocycles. The second-order valence-electron chi connectivity index (χ2n) is 7.15. The number of piperazine rings is 1. The molecular formula is C21H30N4O5. The molecule has 1 amide bonds. The van der Waals surface area contributed by atoms with Crippen LogP contribution in [-0.2, 0) is 14.3 Å². The normalized spacial score (nSPS) is 22.2. The number of hydrogen-bond donors (Lipinski definition) is 1. The summed E-state index contributed by atoms with van der Waals surface area (Å²) >= 11 is 0. The highest BCUT2D eigenvalue weighted by Gasteiger charge is 2.42. The van der Waals surface area contributed by atoms with Crippen molar-refractivity contribution in [3.8, 4) is 11.5 Å². The Bertz CT molecular complexity index is 805. The number of nitrogens with zero attached hydrogens (tertiary/aromatic N) is 3. The van der Waals surface area contributed by atoms with Gasteiger partial charge in [-0.2, -0.15) is 0 Å². The fraction of sp³-hybridized carbons (Fsp3) is 0.571. The molecule has 1 fully saturated rings. The van der Waals surface area contributed by atoms with E-state index in [-0.39, 0.29) is 6.61 Å². The number of likely N-dealkylation sites (N-methyl/N-ethyl adjacent to an activating group) is 1. The van der Waals surface area contributed by atoms with Gasteiger partial charge in [-0.1, -0.05) is 13.0 Å². The van der Waals surface area contributed by atoms with Crippen LogP contribution in [0, 0.1) is 5.92 Å². The van der Waals surface area contributed by atoms with Crippen LogP contribution >= 0.6 is 0 Å². The molecule has 0 bridgehead atoms. The van der Waals surface area contributed by atoms with Gasteiger partial charge in [0.1, 0.15) is 6.04 Å². The van der Waals surface area contributed by atoms with Gasteiger partial charge in [-0.3, -0.25) is 14.9 Å². The molecule has 0 aliphatic carbocycles. The van der Waals surface area contributed by atoms with E-state index >= 15 is 0 Å². The van der Waals surface area contributed by atoms with E-state index in [1.54, 1.807) is 39.3 Å². The van der Waals surface area contributed by atoms with E-state index in [2.05, 4.69) is 22.0 Å². The molecule has 164 valence electrons. The van der Waals surface area contributed by atoms with E-state index in [0.29, 0.717) is 23.0 Å². The minimum absolute atomic E-state index is 0.191. The predicted octanol–water partition coefficient (Wildman–Crippen LogP) is 1.05. The fourth-order valence-electron chi connectivity index (χ4n) is 3.78. The number of guanidine groups is 1. The monoisotopic (exact) mass is 418 g/mol. The largest absolute Gasteiger partial charge is 0.493 e. The molecule has 2 heterocycles. The summed E-state index contributed by atoms with van der Waals surface area (Å²) in [7, 11) is 3.10. The lowest BCUT2D eigenvalue weighted by molar-refractivity contribution is -0.153. The van der Waals surface area contributed by atoms with Gasteiger partial charge in [-0.05, 0) is 31.2 Å². The average molecular weight is 418 g/mol. The molecule has 1 aromatic carbocycles. The third kappa shape index (κ3) is 4.51. The van der Waals surface area contributed by atoms with E-state index < -0.39 is 23.8 Å². The van der Waals surface area contributed by atoms with E-state index in [1.165, 1.54) is 0 Å². The van der Waals surface area contributed by atoms with Crippen molar-refractivity contribution in [1.82, 2.24) is 15.1 Å². The lowest BCUT2D eigenvalue weighted by atomic mass is 9.91. The molecule has 1 aromatic rings. The number of nitrogens with one attached hydrogen (secondary N) is 1. The first-order chi connectivity index (χ1) is 14.5. The van der Waals surface area contributed by atoms with Gasteiger partial charge in [-0.25, -0.2) is 4.99 Å². The number of rotatable bonds is 6. The van der Waals surface area contributed by atoms with Gasteiger partial charge in [0, 0.05) is 26.2 Å². The number of aliphatic imine (C=N–C) groups is 1. The molecule has 0 radical (unpaired) electrons. The first-order valence-electron chi connectivity index (χ1n) is 10.3. The lowest BCUT2D eigenvalue weighted by Gasteiger charge is -2.38. The average Bonchev–Trinajstić information content (AvgIpc) is 2.78. The summed E-state index contributed by atoms with van der Waals surface area (Å²) in [6.07, 6.45) is 0. The molecule has 1 N–H and O–H groups in total. The zero-order valence-electron chi connectivity index (χ0n) is 18.0. The molecule has 2 unspecified atom stereocenters. The number of methoxy groups -OCH3 is 2. The van der Waals surface area contributed by atoms with Crippen LogP contribution in [0.3, 0.4) is 0 Å². The maximum Gasteiger partial charge on any atom is 0.321 e. The number of carbonyl (C=O) groups is 2. The molecule has 0 spiro atoms. The highest BCUT2D eigenvalue weighted by Crippen LogP contribution is 2.36. The van der Waals surface area contributed by atoms with Crippen LogP contribution in [0.4, 0.5) is 0 Å². The van der Waals surface area contributed by atoms with Crippen LogP contribution < -0.4 is 14.8 Å². The van der Waals surface area contributed by atoms with Crippen LogP contribution in [0.1, 0.15) is 25.5 Å². The van der Waals surface area contributed by atoms with E-state index in [9.17, 15) is 9.59 Å². The summed E-state index contributed by atoms with van der Waals surface area (Å²) in [4.78, 5) is 34.8. The Kier molecular flexibility index (Phi) is 7.15. The lowest BCUT2D eigenvalue weighted by Crippen LogP contribution is -2.57. The Hall–Kier alpha value is -2.81. The zero-order chi connectivity index (χ0) is 21.7. The number of amides is 1. The molecular weight excluding hydrogens is 388 g/mol. The minimum atomic E-state index is -1.07. The first kappa shape index (κ1) is 21.9. The van der Waals surface area contributed by atoms with Crippen molar-refractivity contribution in [3.05, 3.63) is 23.8 Å². The summed E-state index contributed by atoms with van der Waals surface area (Å²) in [5, 5.41) is 2.82. The van der Waals surface area contributed by atoms with Crippen LogP contribution in [0.5, 0.6) is 11.5 Å². The van der Waals surface area contributed by atoms with Crippen LogP contribution in [0.15, 0.2) is 23.2 Å². The van der Waals surface area contributed by atoms with Gasteiger partial charge in [0.05, 0.1) is 20.8 Å². The highest BCUT2D eigenvalue weighted by molar-refractivity contribution is 6.08. The van der Waals surface area contributed by atoms with Gasteiger partial charge in [0.2, 0.25) is 11.9 Å². The predicted molar refractivity (Wildman–Crippen MR) is 112 cm³/mol. The Morgan fingerprint density at radius 1 is 1.13 bits per heavy atom. The zero-order valence-corrected chi connectivity index (χ0v) is 18.0. The third-order valence-electron chi connectivity index (χ3n) is 5.50. The van der Waals surface area contributed by atoms with E-state index in [1.807, 2.05) is 0 Å². The molecule has 30 heavy (non-hydrogen) atoms. The van der Waals surface area contributed by atoms with Gasteiger partial charge in [0.25, 0.3) is 0 Å². The topological polar surface area (TPSA) is 92.7 Å². The highest BCUT2D eigenvalue weighted by atomic mass is 16.5. The van der Waals surface area contributed by atoms with Crippen molar-refractivity contribution in [2.75, 3.05) is 53.6 Å². The Morgan fingerprint density at radius 2 is 1.83 bits per heavy atom. The van der Waals surface area contributed by atoms with Crippen LogP contribution in [0.25, 0.3) is 0 Å². The summed E-state index contributed by atoms with van der Waals surface area (Å²) in [6.45, 7) is 8.34. The Balaban J connectivity index is 1.96. The third-order valence-corrected chi connectivity index (χ3v) is 5.50. The molecule has 9 heteroatoms. The quantitative estimate of drug-likeness (QED) is 0.545. The molecule has 3 rings (SSSR count). The van der Waals surface area contributed by atoms with E-state index in [0.717, 1.165) is 32.7 Å². The summed E-state index contributed by atoms with van der Waals surface area (Å²) in [6, 6.07) is 4.59. The van der Waals surface area contributed by atoms with Crippen molar-refractivity contribution in [1.29, 1.82) is 0 Å². The van der Waals surface area contributed by atoms with Gasteiger partial charge in [0.15, 0.2) is 17.4 Å². The summed E-state index contributed by atoms with van der Waals surface area (Å²) in [5.41, 5.74) is 0.685. The molecule has 2 atom stereocenters. The van der Waals surface area contributed by atoms with Crippen molar-refractivity contribution in [2.45, 2.75) is 19.9 Å². The van der Waals surface area contributed by atoms with Gasteiger partial charge >= 0.3 is 5.97 Å². The van der Waals surface area contributed by atoms with Gasteiger partial charge in [-0.15, -0.1) is 0 Å². The van der Waals surface area contributed by atoms with E-state index in [4.69, 9.17) is 19.2 Å².